The normalized spacial score (nSPS) is 11.2. The van der Waals surface area contributed by atoms with Crippen molar-refractivity contribution >= 4 is 22.6 Å². The number of hydrogen-bond acceptors (Lipinski definition) is 4. The topological polar surface area (TPSA) is 118 Å². The molecule has 4 N–H and O–H groups in total. The van der Waals surface area contributed by atoms with Crippen molar-refractivity contribution < 1.29 is 9.90 Å². The zero-order chi connectivity index (χ0) is 23.7. The van der Waals surface area contributed by atoms with Gasteiger partial charge in [-0.05, 0) is 48.2 Å². The maximum absolute atomic E-state index is 12.8. The predicted molar refractivity (Wildman–Crippen MR) is 127 cm³/mol. The van der Waals surface area contributed by atoms with Gasteiger partial charge in [0.25, 0.3) is 5.56 Å². The first kappa shape index (κ1) is 25.7. The highest BCUT2D eigenvalue weighted by Gasteiger charge is 2.21. The Balaban J connectivity index is 0.00000113. The molecule has 31 heavy (non-hydrogen) atoms. The second-order valence-corrected chi connectivity index (χ2v) is 6.94. The summed E-state index contributed by atoms with van der Waals surface area (Å²) in [7, 11) is 0. The lowest BCUT2D eigenvalue weighted by Crippen LogP contribution is -2.33. The van der Waals surface area contributed by atoms with Crippen LogP contribution >= 0.6 is 0 Å². The number of aromatic nitrogens is 2. The van der Waals surface area contributed by atoms with Crippen molar-refractivity contribution in [1.82, 2.24) is 9.55 Å². The van der Waals surface area contributed by atoms with E-state index in [-0.39, 0.29) is 5.92 Å². The fraction of sp³-hybridized carbons (Fsp3) is 0.375. The molecule has 0 bridgehead atoms. The smallest absolute Gasteiger partial charge is 0.333 e. The summed E-state index contributed by atoms with van der Waals surface area (Å²) in [5.41, 5.74) is 6.83. The molecule has 0 aliphatic rings. The molecule has 2 aromatic carbocycles. The molecule has 0 amide bonds. The van der Waals surface area contributed by atoms with Crippen LogP contribution in [0.25, 0.3) is 16.6 Å². The summed E-state index contributed by atoms with van der Waals surface area (Å²) < 4.78 is 1.04. The zero-order valence-electron chi connectivity index (χ0n) is 19.1. The number of hydrogen-bond donors (Lipinski definition) is 3. The zero-order valence-corrected chi connectivity index (χ0v) is 19.1. The SMILES string of the molecule is CC.CC.CC(C)C(Cc1ccc(-n2c(=O)[nH]c3ccc(N)cc3c2=O)cc1)C(=O)O. The summed E-state index contributed by atoms with van der Waals surface area (Å²) in [4.78, 5) is 39.2. The Morgan fingerprint density at radius 2 is 1.61 bits per heavy atom. The van der Waals surface area contributed by atoms with Crippen LogP contribution in [0.2, 0.25) is 0 Å². The van der Waals surface area contributed by atoms with Crippen molar-refractivity contribution in [2.24, 2.45) is 11.8 Å². The maximum atomic E-state index is 12.8. The highest BCUT2D eigenvalue weighted by molar-refractivity contribution is 5.81. The quantitative estimate of drug-likeness (QED) is 0.527. The van der Waals surface area contributed by atoms with E-state index in [0.29, 0.717) is 28.7 Å². The van der Waals surface area contributed by atoms with Gasteiger partial charge < -0.3 is 15.8 Å². The molecule has 7 nitrogen and oxygen atoms in total. The van der Waals surface area contributed by atoms with E-state index in [1.54, 1.807) is 36.4 Å². The molecule has 1 unspecified atom stereocenters. The first-order chi connectivity index (χ1) is 14.8. The number of aliphatic carboxylic acids is 1. The fourth-order valence-electron chi connectivity index (χ4n) is 3.11. The van der Waals surface area contributed by atoms with Gasteiger partial charge in [-0.1, -0.05) is 53.7 Å². The molecule has 1 heterocycles. The van der Waals surface area contributed by atoms with E-state index < -0.39 is 23.1 Å². The number of benzene rings is 2. The number of carbonyl (C=O) groups is 1. The molecule has 0 spiro atoms. The third kappa shape index (κ3) is 6.07. The molecule has 0 saturated carbocycles. The number of carboxylic acids is 1. The number of rotatable bonds is 5. The van der Waals surface area contributed by atoms with E-state index in [1.807, 2.05) is 41.5 Å². The number of anilines is 1. The minimum Gasteiger partial charge on any atom is -0.481 e. The third-order valence-electron chi connectivity index (χ3n) is 4.69. The average Bonchev–Trinajstić information content (AvgIpc) is 2.76. The van der Waals surface area contributed by atoms with Gasteiger partial charge in [0, 0.05) is 5.69 Å². The number of carboxylic acid groups (broad SMARTS) is 1. The van der Waals surface area contributed by atoms with Crippen LogP contribution in [0.15, 0.2) is 52.1 Å². The van der Waals surface area contributed by atoms with Crippen molar-refractivity contribution in [2.75, 3.05) is 5.73 Å². The third-order valence-corrected chi connectivity index (χ3v) is 4.69. The number of nitrogens with zero attached hydrogens (tertiary/aromatic N) is 1. The van der Waals surface area contributed by atoms with E-state index in [0.717, 1.165) is 10.1 Å². The van der Waals surface area contributed by atoms with Gasteiger partial charge in [-0.25, -0.2) is 9.36 Å². The highest BCUT2D eigenvalue weighted by Crippen LogP contribution is 2.19. The number of aromatic amines is 1. The minimum absolute atomic E-state index is 0.00131. The van der Waals surface area contributed by atoms with E-state index in [4.69, 9.17) is 5.73 Å². The molecule has 0 radical (unpaired) electrons. The van der Waals surface area contributed by atoms with Crippen LogP contribution in [0, 0.1) is 11.8 Å². The van der Waals surface area contributed by atoms with E-state index >= 15 is 0 Å². The lowest BCUT2D eigenvalue weighted by molar-refractivity contribution is -0.143. The van der Waals surface area contributed by atoms with Crippen LogP contribution in [0.3, 0.4) is 0 Å². The van der Waals surface area contributed by atoms with Crippen LogP contribution in [0.1, 0.15) is 47.1 Å². The van der Waals surface area contributed by atoms with Gasteiger partial charge in [0.05, 0.1) is 22.5 Å². The molecule has 1 atom stereocenters. The van der Waals surface area contributed by atoms with Gasteiger partial charge in [-0.15, -0.1) is 0 Å². The van der Waals surface area contributed by atoms with Crippen molar-refractivity contribution in [3.63, 3.8) is 0 Å². The summed E-state index contributed by atoms with van der Waals surface area (Å²) in [6.45, 7) is 11.7. The second kappa shape index (κ2) is 11.7. The Bertz CT molecular complexity index is 1110. The first-order valence-corrected chi connectivity index (χ1v) is 10.6. The summed E-state index contributed by atoms with van der Waals surface area (Å²) in [5.74, 6) is -1.34. The first-order valence-electron chi connectivity index (χ1n) is 10.6. The number of nitrogens with two attached hydrogens (primary N) is 1. The summed E-state index contributed by atoms with van der Waals surface area (Å²) in [6.07, 6.45) is 0.382. The Morgan fingerprint density at radius 1 is 1.03 bits per heavy atom. The molecular formula is C24H33N3O4. The minimum atomic E-state index is -0.839. The van der Waals surface area contributed by atoms with Gasteiger partial charge >= 0.3 is 11.7 Å². The van der Waals surface area contributed by atoms with E-state index in [2.05, 4.69) is 4.98 Å². The molecule has 0 aliphatic heterocycles. The number of nitrogens with one attached hydrogen (secondary N) is 1. The molecular weight excluding hydrogens is 394 g/mol. The van der Waals surface area contributed by atoms with Gasteiger partial charge in [-0.3, -0.25) is 9.59 Å². The number of nitrogen functional groups attached to an aromatic ring is 1. The molecule has 0 saturated heterocycles. The molecule has 0 aliphatic carbocycles. The van der Waals surface area contributed by atoms with Gasteiger partial charge in [0.15, 0.2) is 0 Å². The van der Waals surface area contributed by atoms with Crippen LogP contribution in [0.4, 0.5) is 5.69 Å². The van der Waals surface area contributed by atoms with Crippen molar-refractivity contribution in [1.29, 1.82) is 0 Å². The van der Waals surface area contributed by atoms with Gasteiger partial charge in [0.2, 0.25) is 0 Å². The average molecular weight is 428 g/mol. The molecule has 3 aromatic rings. The molecule has 1 aromatic heterocycles. The Hall–Kier alpha value is -3.35. The Kier molecular flexibility index (Phi) is 9.73. The lowest BCUT2D eigenvalue weighted by Gasteiger charge is -2.16. The molecule has 0 fully saturated rings. The Labute approximate surface area is 182 Å². The van der Waals surface area contributed by atoms with Crippen molar-refractivity contribution in [3.8, 4) is 5.69 Å². The summed E-state index contributed by atoms with van der Waals surface area (Å²) in [6, 6.07) is 11.5. The molecule has 7 heteroatoms. The maximum Gasteiger partial charge on any atom is 0.333 e. The predicted octanol–water partition coefficient (Wildman–Crippen LogP) is 4.21. The standard InChI is InChI=1S/C20H21N3O4.2C2H6/c1-11(2)15(19(25)26)9-12-3-6-14(7-4-12)23-18(24)16-10-13(21)5-8-17(16)22-20(23)27;2*1-2/h3-8,10-11,15H,9,21H2,1-2H3,(H,22,27)(H,25,26);2*1-2H3. The highest BCUT2D eigenvalue weighted by atomic mass is 16.4. The second-order valence-electron chi connectivity index (χ2n) is 6.94. The van der Waals surface area contributed by atoms with Crippen LogP contribution in [-0.2, 0) is 11.2 Å². The number of fused-ring (bicyclic) bond motifs is 1. The van der Waals surface area contributed by atoms with Crippen molar-refractivity contribution in [3.05, 3.63) is 68.9 Å². The van der Waals surface area contributed by atoms with E-state index in [1.165, 1.54) is 6.07 Å². The molecule has 168 valence electrons. The van der Waals surface area contributed by atoms with Gasteiger partial charge in [0.1, 0.15) is 0 Å². The monoisotopic (exact) mass is 427 g/mol. The summed E-state index contributed by atoms with van der Waals surface area (Å²) in [5, 5.41) is 9.66. The summed E-state index contributed by atoms with van der Waals surface area (Å²) >= 11 is 0. The van der Waals surface area contributed by atoms with Crippen LogP contribution in [-0.4, -0.2) is 20.6 Å². The lowest BCUT2D eigenvalue weighted by atomic mass is 9.89. The molecule has 3 rings (SSSR count). The van der Waals surface area contributed by atoms with E-state index in [9.17, 15) is 19.5 Å². The largest absolute Gasteiger partial charge is 0.481 e. The van der Waals surface area contributed by atoms with Crippen LogP contribution < -0.4 is 17.0 Å². The van der Waals surface area contributed by atoms with Crippen LogP contribution in [0.5, 0.6) is 0 Å². The van der Waals surface area contributed by atoms with Crippen molar-refractivity contribution in [2.45, 2.75) is 48.0 Å². The van der Waals surface area contributed by atoms with Gasteiger partial charge in [-0.2, -0.15) is 0 Å². The Morgan fingerprint density at radius 3 is 2.13 bits per heavy atom. The fourth-order valence-corrected chi connectivity index (χ4v) is 3.11. The number of H-pyrrole nitrogens is 1.